The highest BCUT2D eigenvalue weighted by molar-refractivity contribution is 6.09. The van der Waals surface area contributed by atoms with Crippen molar-refractivity contribution in [1.82, 2.24) is 0 Å². The van der Waals surface area contributed by atoms with Gasteiger partial charge in [-0.1, -0.05) is 12.1 Å². The molecule has 0 radical (unpaired) electrons. The molecule has 25 heavy (non-hydrogen) atoms. The molecule has 0 saturated carbocycles. The number of aryl methyl sites for hydroxylation is 2. The zero-order valence-corrected chi connectivity index (χ0v) is 13.6. The second-order valence-electron chi connectivity index (χ2n) is 5.40. The minimum Gasteiger partial charge on any atom is -0.872 e. The number of anilines is 1. The maximum atomic E-state index is 12.2. The summed E-state index contributed by atoms with van der Waals surface area (Å²) in [6, 6.07) is 10.1. The van der Waals surface area contributed by atoms with Gasteiger partial charge in [-0.05, 0) is 48.7 Å². The molecule has 0 bridgehead atoms. The SMILES string of the molecule is Cc1ccc(NC(=O)C(C#N)=Cc2cc([N+](=O)[O-])ccc2[O-])cc1C. The molecule has 1 amide bonds. The fraction of sp³-hybridized carbons (Fsp3) is 0.111. The van der Waals surface area contributed by atoms with E-state index in [2.05, 4.69) is 5.32 Å². The first kappa shape index (κ1) is 17.7. The van der Waals surface area contributed by atoms with Gasteiger partial charge in [-0.15, -0.1) is 5.75 Å². The molecule has 7 nitrogen and oxygen atoms in total. The number of nitro benzene ring substituents is 1. The summed E-state index contributed by atoms with van der Waals surface area (Å²) in [6.07, 6.45) is 1.05. The van der Waals surface area contributed by atoms with Gasteiger partial charge in [0.1, 0.15) is 11.6 Å². The average Bonchev–Trinajstić information content (AvgIpc) is 2.57. The fourth-order valence-corrected chi connectivity index (χ4v) is 2.08. The molecule has 0 unspecified atom stereocenters. The van der Waals surface area contributed by atoms with Crippen LogP contribution in [0, 0.1) is 35.3 Å². The van der Waals surface area contributed by atoms with Crippen molar-refractivity contribution in [1.29, 1.82) is 5.26 Å². The van der Waals surface area contributed by atoms with Crippen molar-refractivity contribution in [2.75, 3.05) is 5.32 Å². The Bertz CT molecular complexity index is 926. The predicted molar refractivity (Wildman–Crippen MR) is 90.7 cm³/mol. The zero-order valence-electron chi connectivity index (χ0n) is 13.6. The Morgan fingerprint density at radius 3 is 2.52 bits per heavy atom. The molecular weight excluding hydrogens is 322 g/mol. The molecule has 0 aliphatic rings. The largest absolute Gasteiger partial charge is 0.872 e. The first-order valence-electron chi connectivity index (χ1n) is 7.27. The van der Waals surface area contributed by atoms with Gasteiger partial charge in [-0.3, -0.25) is 14.9 Å². The Labute approximate surface area is 144 Å². The molecular formula is C18H14N3O4-. The Balaban J connectivity index is 2.32. The Hall–Kier alpha value is -3.66. The van der Waals surface area contributed by atoms with Crippen LogP contribution in [0.2, 0.25) is 0 Å². The number of hydrogen-bond acceptors (Lipinski definition) is 5. The minimum atomic E-state index is -0.698. The Morgan fingerprint density at radius 1 is 1.20 bits per heavy atom. The number of non-ortho nitro benzene ring substituents is 1. The smallest absolute Gasteiger partial charge is 0.269 e. The van der Waals surface area contributed by atoms with Gasteiger partial charge in [-0.25, -0.2) is 0 Å². The van der Waals surface area contributed by atoms with E-state index in [9.17, 15) is 25.3 Å². The fourth-order valence-electron chi connectivity index (χ4n) is 2.08. The van der Waals surface area contributed by atoms with Crippen molar-refractivity contribution < 1.29 is 14.8 Å². The number of benzene rings is 2. The lowest BCUT2D eigenvalue weighted by atomic mass is 10.1. The van der Waals surface area contributed by atoms with Crippen molar-refractivity contribution in [3.8, 4) is 11.8 Å². The molecule has 0 atom stereocenters. The van der Waals surface area contributed by atoms with E-state index in [1.54, 1.807) is 18.2 Å². The lowest BCUT2D eigenvalue weighted by Crippen LogP contribution is -2.13. The first-order chi connectivity index (χ1) is 11.8. The van der Waals surface area contributed by atoms with Gasteiger partial charge in [0.25, 0.3) is 11.6 Å². The normalized spacial score (nSPS) is 10.8. The van der Waals surface area contributed by atoms with Crippen molar-refractivity contribution in [3.63, 3.8) is 0 Å². The van der Waals surface area contributed by atoms with Crippen LogP contribution in [0.1, 0.15) is 16.7 Å². The van der Waals surface area contributed by atoms with Crippen molar-refractivity contribution in [2.45, 2.75) is 13.8 Å². The van der Waals surface area contributed by atoms with Crippen LogP contribution in [-0.2, 0) is 4.79 Å². The summed E-state index contributed by atoms with van der Waals surface area (Å²) < 4.78 is 0. The molecule has 0 fully saturated rings. The molecule has 2 rings (SSSR count). The van der Waals surface area contributed by atoms with Crippen molar-refractivity contribution in [3.05, 3.63) is 68.8 Å². The maximum absolute atomic E-state index is 12.2. The molecule has 0 spiro atoms. The number of rotatable bonds is 4. The Morgan fingerprint density at radius 2 is 1.92 bits per heavy atom. The molecule has 1 N–H and O–H groups in total. The van der Waals surface area contributed by atoms with E-state index in [4.69, 9.17) is 0 Å². The summed E-state index contributed by atoms with van der Waals surface area (Å²) in [7, 11) is 0. The third-order valence-electron chi connectivity index (χ3n) is 3.63. The summed E-state index contributed by atoms with van der Waals surface area (Å²) in [5.41, 5.74) is 1.83. The topological polar surface area (TPSA) is 119 Å². The van der Waals surface area contributed by atoms with E-state index in [1.165, 1.54) is 0 Å². The second-order valence-corrected chi connectivity index (χ2v) is 5.40. The molecule has 7 heteroatoms. The van der Waals surface area contributed by atoms with Crippen LogP contribution in [0.5, 0.6) is 5.75 Å². The van der Waals surface area contributed by atoms with Crippen molar-refractivity contribution in [2.24, 2.45) is 0 Å². The van der Waals surface area contributed by atoms with Crippen LogP contribution in [-0.4, -0.2) is 10.8 Å². The third-order valence-corrected chi connectivity index (χ3v) is 3.63. The lowest BCUT2D eigenvalue weighted by molar-refractivity contribution is -0.385. The summed E-state index contributed by atoms with van der Waals surface area (Å²) in [4.78, 5) is 22.4. The molecule has 0 aliphatic heterocycles. The van der Waals surface area contributed by atoms with E-state index in [-0.39, 0.29) is 16.8 Å². The number of amides is 1. The molecule has 2 aromatic carbocycles. The summed E-state index contributed by atoms with van der Waals surface area (Å²) in [5.74, 6) is -1.21. The third kappa shape index (κ3) is 4.20. The number of nitro groups is 1. The number of nitrogens with one attached hydrogen (secondary N) is 1. The molecule has 0 aliphatic carbocycles. The van der Waals surface area contributed by atoms with Gasteiger partial charge >= 0.3 is 0 Å². The molecule has 0 heterocycles. The Kier molecular flexibility index (Phi) is 5.15. The summed E-state index contributed by atoms with van der Waals surface area (Å²) >= 11 is 0. The van der Waals surface area contributed by atoms with Gasteiger partial charge < -0.3 is 10.4 Å². The van der Waals surface area contributed by atoms with E-state index >= 15 is 0 Å². The first-order valence-corrected chi connectivity index (χ1v) is 7.27. The predicted octanol–water partition coefficient (Wildman–Crippen LogP) is 2.83. The summed E-state index contributed by atoms with van der Waals surface area (Å²) in [6.45, 7) is 3.82. The number of carbonyl (C=O) groups excluding carboxylic acids is 1. The maximum Gasteiger partial charge on any atom is 0.269 e. The van der Waals surface area contributed by atoms with Crippen LogP contribution in [0.25, 0.3) is 6.08 Å². The highest BCUT2D eigenvalue weighted by Crippen LogP contribution is 2.23. The standard InChI is InChI=1S/C18H15N3O4/c1-11-3-4-15(7-12(11)2)20-18(23)14(10-19)8-13-9-16(21(24)25)5-6-17(13)22/h3-9,22H,1-2H3,(H,20,23)/p-1. The van der Waals surface area contributed by atoms with Gasteiger partial charge in [0.2, 0.25) is 0 Å². The molecule has 126 valence electrons. The van der Waals surface area contributed by atoms with Crippen LogP contribution >= 0.6 is 0 Å². The molecule has 2 aromatic rings. The average molecular weight is 336 g/mol. The number of hydrogen-bond donors (Lipinski definition) is 1. The number of nitriles is 1. The monoisotopic (exact) mass is 336 g/mol. The second kappa shape index (κ2) is 7.27. The minimum absolute atomic E-state index is 0.0963. The van der Waals surface area contributed by atoms with E-state index in [0.717, 1.165) is 35.4 Å². The van der Waals surface area contributed by atoms with E-state index in [1.807, 2.05) is 19.9 Å². The lowest BCUT2D eigenvalue weighted by Gasteiger charge is -2.10. The van der Waals surface area contributed by atoms with Crippen LogP contribution < -0.4 is 10.4 Å². The van der Waals surface area contributed by atoms with Gasteiger partial charge in [-0.2, -0.15) is 5.26 Å². The highest BCUT2D eigenvalue weighted by atomic mass is 16.6. The quantitative estimate of drug-likeness (QED) is 0.398. The van der Waals surface area contributed by atoms with E-state index < -0.39 is 16.6 Å². The highest BCUT2D eigenvalue weighted by Gasteiger charge is 2.12. The van der Waals surface area contributed by atoms with Crippen LogP contribution in [0.3, 0.4) is 0 Å². The number of carbonyl (C=O) groups is 1. The number of nitrogens with zero attached hydrogens (tertiary/aromatic N) is 2. The van der Waals surface area contributed by atoms with Gasteiger partial charge in [0.05, 0.1) is 4.92 Å². The molecule has 0 aromatic heterocycles. The van der Waals surface area contributed by atoms with Crippen LogP contribution in [0.4, 0.5) is 11.4 Å². The zero-order chi connectivity index (χ0) is 18.6. The van der Waals surface area contributed by atoms with Gasteiger partial charge in [0.15, 0.2) is 0 Å². The van der Waals surface area contributed by atoms with E-state index in [0.29, 0.717) is 5.69 Å². The molecule has 0 saturated heterocycles. The van der Waals surface area contributed by atoms with Crippen LogP contribution in [0.15, 0.2) is 42.0 Å². The van der Waals surface area contributed by atoms with Gasteiger partial charge in [0, 0.05) is 17.8 Å². The van der Waals surface area contributed by atoms with Crippen molar-refractivity contribution >= 4 is 23.4 Å². The summed E-state index contributed by atoms with van der Waals surface area (Å²) in [5, 5.41) is 34.4.